The highest BCUT2D eigenvalue weighted by atomic mass is 32.1. The van der Waals surface area contributed by atoms with Crippen LogP contribution in [0, 0.1) is 0 Å². The summed E-state index contributed by atoms with van der Waals surface area (Å²) in [6.45, 7) is 3.88. The van der Waals surface area contributed by atoms with E-state index in [9.17, 15) is 0 Å². The molecule has 0 unspecified atom stereocenters. The van der Waals surface area contributed by atoms with Crippen LogP contribution >= 0.6 is 11.3 Å². The van der Waals surface area contributed by atoms with Crippen LogP contribution in [0.5, 0.6) is 0 Å². The summed E-state index contributed by atoms with van der Waals surface area (Å²) in [7, 11) is -0.0980. The smallest absolute Gasteiger partial charge is 0.407 e. The summed E-state index contributed by atoms with van der Waals surface area (Å²) in [5.74, 6) is 0. The molecule has 0 atom stereocenters. The summed E-state index contributed by atoms with van der Waals surface area (Å²) in [5.41, 5.74) is 0. The van der Waals surface area contributed by atoms with Crippen LogP contribution in [0.4, 0.5) is 0 Å². The molecule has 15 heavy (non-hydrogen) atoms. The van der Waals surface area contributed by atoms with E-state index >= 15 is 0 Å². The van der Waals surface area contributed by atoms with Crippen molar-refractivity contribution in [1.29, 1.82) is 0 Å². The fourth-order valence-corrected chi connectivity index (χ4v) is 2.71. The van der Waals surface area contributed by atoms with Gasteiger partial charge in [-0.2, -0.15) is 0 Å². The maximum atomic E-state index is 5.57. The Hall–Kier alpha value is -0.315. The van der Waals surface area contributed by atoms with Crippen molar-refractivity contribution >= 4 is 23.2 Å². The van der Waals surface area contributed by atoms with Crippen LogP contribution in [-0.2, 0) is 15.7 Å². The van der Waals surface area contributed by atoms with Gasteiger partial charge in [0, 0.05) is 22.9 Å². The number of hydrogen-bond donors (Lipinski definition) is 0. The zero-order valence-corrected chi connectivity index (χ0v) is 10.0. The predicted molar refractivity (Wildman–Crippen MR) is 64.8 cm³/mol. The SMILES string of the molecule is CCCCc1ccc(B2OCCCO2)s1. The Bertz CT molecular complexity index is 295. The molecule has 0 N–H and O–H groups in total. The highest BCUT2D eigenvalue weighted by molar-refractivity contribution is 7.22. The predicted octanol–water partition coefficient (Wildman–Crippen LogP) is 2.22. The van der Waals surface area contributed by atoms with Crippen molar-refractivity contribution in [3.05, 3.63) is 17.0 Å². The van der Waals surface area contributed by atoms with E-state index in [0.29, 0.717) is 0 Å². The van der Waals surface area contributed by atoms with Gasteiger partial charge in [-0.05, 0) is 25.3 Å². The fraction of sp³-hybridized carbons (Fsp3) is 0.636. The molecular weight excluding hydrogens is 207 g/mol. The molecule has 0 saturated carbocycles. The van der Waals surface area contributed by atoms with Crippen molar-refractivity contribution in [3.63, 3.8) is 0 Å². The Morgan fingerprint density at radius 3 is 2.87 bits per heavy atom. The Kier molecular flexibility index (Phi) is 4.23. The number of thiophene rings is 1. The molecule has 82 valence electrons. The maximum absolute atomic E-state index is 5.57. The average molecular weight is 224 g/mol. The van der Waals surface area contributed by atoms with E-state index in [1.165, 1.54) is 28.9 Å². The highest BCUT2D eigenvalue weighted by Gasteiger charge is 2.25. The van der Waals surface area contributed by atoms with Crippen LogP contribution in [0.1, 0.15) is 31.1 Å². The van der Waals surface area contributed by atoms with Gasteiger partial charge in [-0.3, -0.25) is 0 Å². The van der Waals surface area contributed by atoms with Crippen LogP contribution < -0.4 is 4.78 Å². The third kappa shape index (κ3) is 3.07. The number of rotatable bonds is 4. The van der Waals surface area contributed by atoms with Crippen LogP contribution in [0.25, 0.3) is 0 Å². The molecule has 0 aromatic carbocycles. The summed E-state index contributed by atoms with van der Waals surface area (Å²) in [5, 5.41) is 0. The standard InChI is InChI=1S/C11H17BO2S/c1-2-3-5-10-6-7-11(15-10)12-13-8-4-9-14-12/h6-7H,2-5,8-9H2,1H3. The van der Waals surface area contributed by atoms with Gasteiger partial charge in [-0.1, -0.05) is 19.4 Å². The summed E-state index contributed by atoms with van der Waals surface area (Å²) in [4.78, 5) is 1.45. The van der Waals surface area contributed by atoms with E-state index in [-0.39, 0.29) is 7.12 Å². The molecule has 2 nitrogen and oxygen atoms in total. The van der Waals surface area contributed by atoms with Crippen LogP contribution in [0.3, 0.4) is 0 Å². The van der Waals surface area contributed by atoms with Gasteiger partial charge in [-0.15, -0.1) is 11.3 Å². The highest BCUT2D eigenvalue weighted by Crippen LogP contribution is 2.13. The molecule has 0 amide bonds. The van der Waals surface area contributed by atoms with E-state index in [1.54, 1.807) is 0 Å². The Labute approximate surface area is 95.7 Å². The number of unbranched alkanes of at least 4 members (excludes halogenated alkanes) is 1. The van der Waals surface area contributed by atoms with Crippen LogP contribution in [0.15, 0.2) is 12.1 Å². The van der Waals surface area contributed by atoms with Gasteiger partial charge in [-0.25, -0.2) is 0 Å². The van der Waals surface area contributed by atoms with Crippen LogP contribution in [0.2, 0.25) is 0 Å². The molecule has 2 heterocycles. The van der Waals surface area contributed by atoms with E-state index in [2.05, 4.69) is 19.1 Å². The molecular formula is C11H17BO2S. The molecule has 4 heteroatoms. The molecule has 1 fully saturated rings. The second-order valence-electron chi connectivity index (χ2n) is 3.83. The van der Waals surface area contributed by atoms with E-state index in [1.807, 2.05) is 11.3 Å². The van der Waals surface area contributed by atoms with Crippen molar-refractivity contribution in [1.82, 2.24) is 0 Å². The van der Waals surface area contributed by atoms with Gasteiger partial charge in [0.2, 0.25) is 0 Å². The molecule has 0 aliphatic carbocycles. The van der Waals surface area contributed by atoms with E-state index in [0.717, 1.165) is 19.6 Å². The molecule has 1 aliphatic rings. The minimum absolute atomic E-state index is 0.0980. The van der Waals surface area contributed by atoms with Gasteiger partial charge < -0.3 is 9.31 Å². The maximum Gasteiger partial charge on any atom is 0.504 e. The minimum atomic E-state index is -0.0980. The molecule has 0 bridgehead atoms. The van der Waals surface area contributed by atoms with Gasteiger partial charge in [0.15, 0.2) is 0 Å². The van der Waals surface area contributed by atoms with E-state index in [4.69, 9.17) is 9.31 Å². The first kappa shape index (κ1) is 11.2. The Balaban J connectivity index is 1.93. The van der Waals surface area contributed by atoms with Gasteiger partial charge in [0.05, 0.1) is 0 Å². The lowest BCUT2D eigenvalue weighted by Crippen LogP contribution is -2.39. The average Bonchev–Trinajstić information content (AvgIpc) is 2.76. The van der Waals surface area contributed by atoms with Gasteiger partial charge in [0.1, 0.15) is 0 Å². The van der Waals surface area contributed by atoms with Crippen molar-refractivity contribution in [2.24, 2.45) is 0 Å². The normalized spacial score (nSPS) is 17.0. The monoisotopic (exact) mass is 224 g/mol. The van der Waals surface area contributed by atoms with Crippen molar-refractivity contribution in [3.8, 4) is 0 Å². The Morgan fingerprint density at radius 2 is 2.13 bits per heavy atom. The lowest BCUT2D eigenvalue weighted by Gasteiger charge is -2.18. The molecule has 1 aromatic heterocycles. The van der Waals surface area contributed by atoms with Crippen molar-refractivity contribution < 1.29 is 9.31 Å². The first-order valence-electron chi connectivity index (χ1n) is 5.72. The quantitative estimate of drug-likeness (QED) is 0.730. The molecule has 1 aliphatic heterocycles. The molecule has 0 radical (unpaired) electrons. The summed E-state index contributed by atoms with van der Waals surface area (Å²) in [6.07, 6.45) is 4.73. The zero-order chi connectivity index (χ0) is 10.5. The topological polar surface area (TPSA) is 18.5 Å². The number of aryl methyl sites for hydroxylation is 1. The second kappa shape index (κ2) is 5.68. The summed E-state index contributed by atoms with van der Waals surface area (Å²) in [6, 6.07) is 4.35. The van der Waals surface area contributed by atoms with Gasteiger partial charge >= 0.3 is 7.12 Å². The first-order valence-corrected chi connectivity index (χ1v) is 6.53. The largest absolute Gasteiger partial charge is 0.504 e. The lowest BCUT2D eigenvalue weighted by molar-refractivity contribution is 0.144. The third-order valence-electron chi connectivity index (χ3n) is 2.52. The van der Waals surface area contributed by atoms with Crippen molar-refractivity contribution in [2.75, 3.05) is 13.2 Å². The first-order chi connectivity index (χ1) is 7.40. The fourth-order valence-electron chi connectivity index (χ4n) is 1.66. The molecule has 1 aromatic rings. The zero-order valence-electron chi connectivity index (χ0n) is 9.20. The molecule has 2 rings (SSSR count). The van der Waals surface area contributed by atoms with E-state index < -0.39 is 0 Å². The van der Waals surface area contributed by atoms with Crippen molar-refractivity contribution in [2.45, 2.75) is 32.6 Å². The lowest BCUT2D eigenvalue weighted by atomic mass is 9.86. The third-order valence-corrected chi connectivity index (χ3v) is 3.69. The van der Waals surface area contributed by atoms with Gasteiger partial charge in [0.25, 0.3) is 0 Å². The molecule has 0 spiro atoms. The molecule has 1 saturated heterocycles. The van der Waals surface area contributed by atoms with Crippen LogP contribution in [-0.4, -0.2) is 20.3 Å². The summed E-state index contributed by atoms with van der Waals surface area (Å²) >= 11 is 1.83. The Morgan fingerprint density at radius 1 is 1.33 bits per heavy atom. The number of hydrogen-bond acceptors (Lipinski definition) is 3. The summed E-state index contributed by atoms with van der Waals surface area (Å²) < 4.78 is 12.4. The minimum Gasteiger partial charge on any atom is -0.407 e. The second-order valence-corrected chi connectivity index (χ2v) is 5.03.